The predicted octanol–water partition coefficient (Wildman–Crippen LogP) is 0.203. The van der Waals surface area contributed by atoms with Crippen LogP contribution in [-0.2, 0) is 16.0 Å². The minimum Gasteiger partial charge on any atom is -0.443 e. The molecule has 11 nitrogen and oxygen atoms in total. The number of aliphatic hydroxyl groups is 5. The summed E-state index contributed by atoms with van der Waals surface area (Å²) in [5.41, 5.74) is 3.48. The van der Waals surface area contributed by atoms with Crippen molar-refractivity contribution in [3.63, 3.8) is 0 Å². The fourth-order valence-corrected chi connectivity index (χ4v) is 4.01. The molecule has 1 fully saturated rings. The maximum atomic E-state index is 11.8. The Balaban J connectivity index is 1.71. The van der Waals surface area contributed by atoms with E-state index in [1.54, 1.807) is 13.0 Å². The van der Waals surface area contributed by atoms with E-state index in [0.29, 0.717) is 6.42 Å². The number of aliphatic hydroxyl groups excluding tert-OH is 5. The molecule has 37 heavy (non-hydrogen) atoms. The van der Waals surface area contributed by atoms with E-state index in [1.165, 1.54) is 0 Å². The van der Waals surface area contributed by atoms with E-state index in [0.717, 1.165) is 22.4 Å². The lowest BCUT2D eigenvalue weighted by atomic mass is 9.98. The average Bonchev–Trinajstić information content (AvgIpc) is 3.27. The van der Waals surface area contributed by atoms with Crippen LogP contribution in [0.5, 0.6) is 5.88 Å². The summed E-state index contributed by atoms with van der Waals surface area (Å²) in [4.78, 5) is 11.8. The van der Waals surface area contributed by atoms with Gasteiger partial charge in [0.1, 0.15) is 24.4 Å². The first-order valence-electron chi connectivity index (χ1n) is 12.3. The first kappa shape index (κ1) is 28.8. The minimum absolute atomic E-state index is 0.0940. The molecule has 1 aromatic carbocycles. The largest absolute Gasteiger partial charge is 0.443 e. The Morgan fingerprint density at radius 2 is 1.84 bits per heavy atom. The first-order valence-corrected chi connectivity index (χ1v) is 12.3. The Labute approximate surface area is 215 Å². The molecule has 0 saturated carbocycles. The van der Waals surface area contributed by atoms with E-state index < -0.39 is 37.3 Å². The summed E-state index contributed by atoms with van der Waals surface area (Å²) in [6, 6.07) is 7.46. The molecule has 204 valence electrons. The van der Waals surface area contributed by atoms with Crippen molar-refractivity contribution < 1.29 is 39.8 Å². The number of carbonyl (C=O) groups excluding carboxylic acids is 1. The number of carbonyl (C=O) groups is 1. The molecule has 2 heterocycles. The summed E-state index contributed by atoms with van der Waals surface area (Å²) in [6.45, 7) is 5.06. The van der Waals surface area contributed by atoms with Gasteiger partial charge in [-0.3, -0.25) is 9.89 Å². The number of benzene rings is 1. The van der Waals surface area contributed by atoms with Crippen molar-refractivity contribution >= 4 is 12.0 Å². The van der Waals surface area contributed by atoms with Crippen molar-refractivity contribution in [2.45, 2.75) is 76.3 Å². The van der Waals surface area contributed by atoms with Crippen molar-refractivity contribution in [3.8, 4) is 5.88 Å². The van der Waals surface area contributed by atoms with Crippen molar-refractivity contribution in [2.75, 3.05) is 13.2 Å². The maximum Gasteiger partial charge on any atom is 0.238 e. The predicted molar refractivity (Wildman–Crippen MR) is 135 cm³/mol. The third-order valence-corrected chi connectivity index (χ3v) is 6.17. The second kappa shape index (κ2) is 13.1. The molecule has 1 aromatic heterocycles. The molecule has 1 aliphatic heterocycles. The number of hydrogen-bond acceptors (Lipinski definition) is 9. The van der Waals surface area contributed by atoms with E-state index in [-0.39, 0.29) is 36.8 Å². The van der Waals surface area contributed by atoms with Crippen LogP contribution in [0.1, 0.15) is 55.5 Å². The molecular formula is C26H37N3O8. The monoisotopic (exact) mass is 519 g/mol. The quantitative estimate of drug-likeness (QED) is 0.218. The summed E-state index contributed by atoms with van der Waals surface area (Å²) in [5, 5.41) is 58.8. The molecule has 0 spiro atoms. The molecule has 1 amide bonds. The lowest BCUT2D eigenvalue weighted by molar-refractivity contribution is -0.278. The second-order valence-corrected chi connectivity index (χ2v) is 9.57. The van der Waals surface area contributed by atoms with Gasteiger partial charge < -0.3 is 40.3 Å². The topological polar surface area (TPSA) is 177 Å². The second-order valence-electron chi connectivity index (χ2n) is 9.57. The number of rotatable bonds is 11. The fraction of sp³-hybridized carbons (Fsp3) is 0.538. The number of nitrogens with zero attached hydrogens (tertiary/aromatic N) is 1. The maximum absolute atomic E-state index is 11.8. The van der Waals surface area contributed by atoms with Gasteiger partial charge in [-0.15, -0.1) is 5.10 Å². The first-order chi connectivity index (χ1) is 17.6. The number of nitrogens with one attached hydrogen (secondary N) is 2. The van der Waals surface area contributed by atoms with Crippen LogP contribution >= 0.6 is 0 Å². The van der Waals surface area contributed by atoms with Gasteiger partial charge in [-0.25, -0.2) is 0 Å². The number of ether oxygens (including phenoxy) is 2. The van der Waals surface area contributed by atoms with Crippen molar-refractivity contribution in [2.24, 2.45) is 0 Å². The average molecular weight is 520 g/mol. The van der Waals surface area contributed by atoms with Crippen molar-refractivity contribution in [1.29, 1.82) is 0 Å². The Hall–Kier alpha value is -2.80. The van der Waals surface area contributed by atoms with E-state index in [1.807, 2.05) is 44.2 Å². The normalized spacial score (nSPS) is 24.9. The third kappa shape index (κ3) is 7.37. The van der Waals surface area contributed by atoms with E-state index >= 15 is 0 Å². The third-order valence-electron chi connectivity index (χ3n) is 6.17. The molecule has 0 radical (unpaired) electrons. The zero-order chi connectivity index (χ0) is 27.1. The van der Waals surface area contributed by atoms with Gasteiger partial charge in [-0.2, -0.15) is 0 Å². The van der Waals surface area contributed by atoms with Crippen LogP contribution < -0.4 is 10.1 Å². The van der Waals surface area contributed by atoms with Crippen molar-refractivity contribution in [1.82, 2.24) is 15.5 Å². The Bertz CT molecular complexity index is 1040. The highest BCUT2D eigenvalue weighted by Gasteiger charge is 2.45. The smallest absolute Gasteiger partial charge is 0.238 e. The molecule has 3 rings (SSSR count). The molecule has 6 atom stereocenters. The SMILES string of the molecule is CC(C)c1[nH]nc(O[C@@H]2O[C@H](CO)[C@@H](O)[C@H](O)[C@H]2O)c1Cc1ccc(/C=C/CC(=O)N[C@@H](C)CO)cc1. The number of H-pyrrole nitrogens is 1. The van der Waals surface area contributed by atoms with E-state index in [4.69, 9.17) is 14.6 Å². The molecular weight excluding hydrogens is 482 g/mol. The van der Waals surface area contributed by atoms with Gasteiger partial charge in [0, 0.05) is 30.1 Å². The number of aromatic amines is 1. The van der Waals surface area contributed by atoms with Gasteiger partial charge in [-0.1, -0.05) is 50.3 Å². The number of aromatic nitrogens is 2. The zero-order valence-electron chi connectivity index (χ0n) is 21.2. The van der Waals surface area contributed by atoms with Crippen LogP contribution in [0.4, 0.5) is 0 Å². The highest BCUT2D eigenvalue weighted by Crippen LogP contribution is 2.31. The summed E-state index contributed by atoms with van der Waals surface area (Å²) < 4.78 is 11.3. The highest BCUT2D eigenvalue weighted by atomic mass is 16.7. The van der Waals surface area contributed by atoms with Gasteiger partial charge >= 0.3 is 0 Å². The summed E-state index contributed by atoms with van der Waals surface area (Å²) in [5.74, 6) is 0.124. The van der Waals surface area contributed by atoms with Gasteiger partial charge in [0.25, 0.3) is 0 Å². The summed E-state index contributed by atoms with van der Waals surface area (Å²) in [6.07, 6.45) is -2.71. The van der Waals surface area contributed by atoms with Crippen LogP contribution in [0.3, 0.4) is 0 Å². The fourth-order valence-electron chi connectivity index (χ4n) is 4.01. The molecule has 1 aliphatic rings. The molecule has 0 unspecified atom stereocenters. The van der Waals surface area contributed by atoms with Crippen LogP contribution in [0.25, 0.3) is 6.08 Å². The van der Waals surface area contributed by atoms with E-state index in [2.05, 4.69) is 15.5 Å². The van der Waals surface area contributed by atoms with E-state index in [9.17, 15) is 25.2 Å². The van der Waals surface area contributed by atoms with Gasteiger partial charge in [-0.05, 0) is 24.0 Å². The molecule has 0 aliphatic carbocycles. The zero-order valence-corrected chi connectivity index (χ0v) is 21.2. The van der Waals surface area contributed by atoms with Gasteiger partial charge in [0.2, 0.25) is 18.1 Å². The van der Waals surface area contributed by atoms with Crippen LogP contribution in [0.2, 0.25) is 0 Å². The summed E-state index contributed by atoms with van der Waals surface area (Å²) in [7, 11) is 0. The van der Waals surface area contributed by atoms with Crippen LogP contribution in [0, 0.1) is 0 Å². The molecule has 1 saturated heterocycles. The molecule has 11 heteroatoms. The molecule has 7 N–H and O–H groups in total. The molecule has 0 bridgehead atoms. The molecule has 2 aromatic rings. The lowest BCUT2D eigenvalue weighted by Crippen LogP contribution is -2.60. The number of amides is 1. The van der Waals surface area contributed by atoms with Crippen LogP contribution in [0.15, 0.2) is 30.3 Å². The standard InChI is InChI=1S/C26H37N3O8/c1-14(2)21-18(25(29-28-21)37-26-24(35)23(34)22(33)19(13-31)36-26)11-17-9-7-16(8-10-17)5-4-6-20(32)27-15(3)12-30/h4-5,7-10,14-15,19,22-24,26,30-31,33-35H,6,11-13H2,1-3H3,(H,27,32)(H,28,29)/b5-4+/t15-,19+,22+,23-,24+,26-/m0/s1. The van der Waals surface area contributed by atoms with Gasteiger partial charge in [0.05, 0.1) is 13.2 Å². The Kier molecular flexibility index (Phi) is 10.2. The Morgan fingerprint density at radius 3 is 2.46 bits per heavy atom. The van der Waals surface area contributed by atoms with Gasteiger partial charge in [0.15, 0.2) is 0 Å². The Morgan fingerprint density at radius 1 is 1.14 bits per heavy atom. The van der Waals surface area contributed by atoms with Crippen LogP contribution in [-0.4, -0.2) is 91.6 Å². The lowest BCUT2D eigenvalue weighted by Gasteiger charge is -2.39. The highest BCUT2D eigenvalue weighted by molar-refractivity contribution is 5.78. The minimum atomic E-state index is -1.55. The number of hydrogen-bond donors (Lipinski definition) is 7. The van der Waals surface area contributed by atoms with Crippen molar-refractivity contribution in [3.05, 3.63) is 52.7 Å². The summed E-state index contributed by atoms with van der Waals surface area (Å²) >= 11 is 0.